The summed E-state index contributed by atoms with van der Waals surface area (Å²) in [6.45, 7) is 3.81. The molecule has 2 aromatic rings. The molecule has 0 aliphatic heterocycles. The molecule has 2 rings (SSSR count). The fraction of sp³-hybridized carbons (Fsp3) is 0.267. The van der Waals surface area contributed by atoms with Gasteiger partial charge < -0.3 is 15.2 Å². The predicted octanol–water partition coefficient (Wildman–Crippen LogP) is 2.66. The molecule has 2 N–H and O–H groups in total. The Balaban J connectivity index is 2.31. The lowest BCUT2D eigenvalue weighted by atomic mass is 10.1. The average molecular weight is 287 g/mol. The number of carbonyl (C=O) groups is 1. The normalized spacial score (nSPS) is 11.8. The monoisotopic (exact) mass is 287 g/mol. The number of anilines is 1. The third-order valence-corrected chi connectivity index (χ3v) is 3.15. The Labute approximate surface area is 122 Å². The van der Waals surface area contributed by atoms with Crippen molar-refractivity contribution < 1.29 is 14.6 Å². The third kappa shape index (κ3) is 3.28. The number of rotatable bonds is 5. The Morgan fingerprint density at radius 1 is 1.33 bits per heavy atom. The summed E-state index contributed by atoms with van der Waals surface area (Å²) in [6.07, 6.45) is 3.27. The van der Waals surface area contributed by atoms with Crippen molar-refractivity contribution in [3.05, 3.63) is 47.5 Å². The van der Waals surface area contributed by atoms with Gasteiger partial charge in [-0.25, -0.2) is 4.79 Å². The van der Waals surface area contributed by atoms with Gasteiger partial charge >= 0.3 is 5.97 Å². The van der Waals surface area contributed by atoms with Gasteiger partial charge in [-0.2, -0.15) is 0 Å². The van der Waals surface area contributed by atoms with E-state index in [1.165, 1.54) is 6.07 Å². The van der Waals surface area contributed by atoms with E-state index in [9.17, 15) is 4.79 Å². The summed E-state index contributed by atoms with van der Waals surface area (Å²) < 4.78 is 5.26. The topological polar surface area (TPSA) is 84.3 Å². The summed E-state index contributed by atoms with van der Waals surface area (Å²) >= 11 is 0. The zero-order valence-corrected chi connectivity index (χ0v) is 12.1. The highest BCUT2D eigenvalue weighted by Crippen LogP contribution is 2.29. The molecule has 6 heteroatoms. The second kappa shape index (κ2) is 6.21. The van der Waals surface area contributed by atoms with Crippen LogP contribution >= 0.6 is 0 Å². The minimum atomic E-state index is -0.982. The van der Waals surface area contributed by atoms with Crippen LogP contribution < -0.4 is 10.1 Å². The summed E-state index contributed by atoms with van der Waals surface area (Å²) in [5, 5.41) is 12.3. The van der Waals surface area contributed by atoms with E-state index in [1.807, 2.05) is 13.8 Å². The lowest BCUT2D eigenvalue weighted by molar-refractivity contribution is 0.0697. The van der Waals surface area contributed by atoms with E-state index in [0.29, 0.717) is 11.4 Å². The summed E-state index contributed by atoms with van der Waals surface area (Å²) in [5.74, 6) is -0.405. The molecule has 0 saturated carbocycles. The fourth-order valence-corrected chi connectivity index (χ4v) is 2.10. The number of hydrogen-bond acceptors (Lipinski definition) is 5. The van der Waals surface area contributed by atoms with Gasteiger partial charge in [0, 0.05) is 12.4 Å². The van der Waals surface area contributed by atoms with Crippen molar-refractivity contribution in [2.24, 2.45) is 0 Å². The number of methoxy groups -OCH3 is 1. The molecule has 0 saturated heterocycles. The van der Waals surface area contributed by atoms with Gasteiger partial charge in [-0.1, -0.05) is 0 Å². The Hall–Kier alpha value is -2.63. The molecule has 1 aromatic carbocycles. The first-order valence-corrected chi connectivity index (χ1v) is 6.48. The van der Waals surface area contributed by atoms with Gasteiger partial charge in [0.15, 0.2) is 0 Å². The molecule has 1 atom stereocenters. The molecule has 0 bridgehead atoms. The summed E-state index contributed by atoms with van der Waals surface area (Å²) in [6, 6.07) is 4.55. The van der Waals surface area contributed by atoms with Crippen molar-refractivity contribution in [1.82, 2.24) is 9.97 Å². The van der Waals surface area contributed by atoms with Crippen LogP contribution in [0.2, 0.25) is 0 Å². The van der Waals surface area contributed by atoms with Crippen LogP contribution in [0.1, 0.15) is 34.7 Å². The Morgan fingerprint density at radius 2 is 2.05 bits per heavy atom. The second-order valence-corrected chi connectivity index (χ2v) is 4.61. The number of carboxylic acids is 1. The molecule has 0 radical (unpaired) electrons. The number of carboxylic acid groups (broad SMARTS) is 1. The molecule has 0 fully saturated rings. The highest BCUT2D eigenvalue weighted by atomic mass is 16.5. The van der Waals surface area contributed by atoms with Crippen LogP contribution in [0.4, 0.5) is 5.69 Å². The highest BCUT2D eigenvalue weighted by Gasteiger charge is 2.14. The number of nitrogens with zero attached hydrogens (tertiary/aromatic N) is 2. The summed E-state index contributed by atoms with van der Waals surface area (Å²) in [7, 11) is 1.54. The van der Waals surface area contributed by atoms with E-state index in [4.69, 9.17) is 9.84 Å². The van der Waals surface area contributed by atoms with Gasteiger partial charge in [-0.15, -0.1) is 0 Å². The highest BCUT2D eigenvalue weighted by molar-refractivity contribution is 5.89. The first-order valence-electron chi connectivity index (χ1n) is 6.48. The van der Waals surface area contributed by atoms with E-state index in [1.54, 1.807) is 31.6 Å². The molecule has 0 aliphatic rings. The summed E-state index contributed by atoms with van der Waals surface area (Å²) in [4.78, 5) is 19.6. The Bertz CT molecular complexity index is 658. The molecule has 0 spiro atoms. The number of nitrogens with one attached hydrogen (secondary N) is 1. The van der Waals surface area contributed by atoms with E-state index < -0.39 is 5.97 Å². The molecular formula is C15H17N3O3. The maximum absolute atomic E-state index is 11.1. The van der Waals surface area contributed by atoms with Crippen molar-refractivity contribution in [1.29, 1.82) is 0 Å². The van der Waals surface area contributed by atoms with Crippen LogP contribution in [-0.2, 0) is 0 Å². The third-order valence-electron chi connectivity index (χ3n) is 3.15. The molecule has 0 amide bonds. The van der Waals surface area contributed by atoms with E-state index in [2.05, 4.69) is 15.3 Å². The molecule has 110 valence electrons. The Morgan fingerprint density at radius 3 is 2.67 bits per heavy atom. The Kier molecular flexibility index (Phi) is 4.37. The standard InChI is InChI=1S/C15H17N3O3/c1-9-14(17-7-6-16-9)10(2)18-12-8-11(15(19)20)4-5-13(12)21-3/h4-8,10,18H,1-3H3,(H,19,20). The molecular weight excluding hydrogens is 270 g/mol. The number of benzene rings is 1. The van der Waals surface area contributed by atoms with Gasteiger partial charge in [0.25, 0.3) is 0 Å². The van der Waals surface area contributed by atoms with Gasteiger partial charge in [0.1, 0.15) is 5.75 Å². The van der Waals surface area contributed by atoms with E-state index in [0.717, 1.165) is 11.4 Å². The van der Waals surface area contributed by atoms with Gasteiger partial charge in [0.2, 0.25) is 0 Å². The lowest BCUT2D eigenvalue weighted by Gasteiger charge is -2.18. The van der Waals surface area contributed by atoms with Crippen LogP contribution in [0.5, 0.6) is 5.75 Å². The number of ether oxygens (including phenoxy) is 1. The number of aromatic carboxylic acids is 1. The smallest absolute Gasteiger partial charge is 0.335 e. The maximum atomic E-state index is 11.1. The lowest BCUT2D eigenvalue weighted by Crippen LogP contribution is -2.12. The van der Waals surface area contributed by atoms with Gasteiger partial charge in [-0.3, -0.25) is 9.97 Å². The van der Waals surface area contributed by atoms with Crippen LogP contribution in [0, 0.1) is 6.92 Å². The SMILES string of the molecule is COc1ccc(C(=O)O)cc1NC(C)c1nccnc1C. The van der Waals surface area contributed by atoms with Crippen molar-refractivity contribution in [2.45, 2.75) is 19.9 Å². The quantitative estimate of drug-likeness (QED) is 0.879. The molecule has 21 heavy (non-hydrogen) atoms. The van der Waals surface area contributed by atoms with Crippen LogP contribution in [0.3, 0.4) is 0 Å². The predicted molar refractivity (Wildman–Crippen MR) is 78.8 cm³/mol. The van der Waals surface area contributed by atoms with E-state index >= 15 is 0 Å². The zero-order valence-electron chi connectivity index (χ0n) is 12.1. The fourth-order valence-electron chi connectivity index (χ4n) is 2.10. The summed E-state index contributed by atoms with van der Waals surface area (Å²) in [5.41, 5.74) is 2.43. The molecule has 1 unspecified atom stereocenters. The first-order chi connectivity index (χ1) is 10.0. The number of aryl methyl sites for hydroxylation is 1. The largest absolute Gasteiger partial charge is 0.495 e. The van der Waals surface area contributed by atoms with Gasteiger partial charge in [0.05, 0.1) is 35.8 Å². The van der Waals surface area contributed by atoms with Crippen molar-refractivity contribution >= 4 is 11.7 Å². The van der Waals surface area contributed by atoms with Crippen molar-refractivity contribution in [3.63, 3.8) is 0 Å². The minimum absolute atomic E-state index is 0.128. The van der Waals surface area contributed by atoms with Crippen molar-refractivity contribution in [3.8, 4) is 5.75 Å². The van der Waals surface area contributed by atoms with E-state index in [-0.39, 0.29) is 11.6 Å². The molecule has 1 aromatic heterocycles. The van der Waals surface area contributed by atoms with Gasteiger partial charge in [-0.05, 0) is 32.0 Å². The number of hydrogen-bond donors (Lipinski definition) is 2. The zero-order chi connectivity index (χ0) is 15.4. The van der Waals surface area contributed by atoms with Crippen molar-refractivity contribution in [2.75, 3.05) is 12.4 Å². The van der Waals surface area contributed by atoms with Crippen LogP contribution in [0.25, 0.3) is 0 Å². The maximum Gasteiger partial charge on any atom is 0.335 e. The number of aromatic nitrogens is 2. The molecule has 1 heterocycles. The molecule has 0 aliphatic carbocycles. The first kappa shape index (κ1) is 14.8. The molecule has 6 nitrogen and oxygen atoms in total. The second-order valence-electron chi connectivity index (χ2n) is 4.61. The average Bonchev–Trinajstić information content (AvgIpc) is 2.47. The minimum Gasteiger partial charge on any atom is -0.495 e. The van der Waals surface area contributed by atoms with Crippen LogP contribution in [-0.4, -0.2) is 28.2 Å². The van der Waals surface area contributed by atoms with Crippen LogP contribution in [0.15, 0.2) is 30.6 Å².